The largest absolute Gasteiger partial charge is 0.383 e. The molecular weight excluding hydrogens is 284 g/mol. The molecule has 1 saturated heterocycles. The van der Waals surface area contributed by atoms with Crippen LogP contribution in [0.3, 0.4) is 0 Å². The summed E-state index contributed by atoms with van der Waals surface area (Å²) in [5, 5.41) is 5.02. The Labute approximate surface area is 130 Å². The molecule has 0 amide bonds. The average Bonchev–Trinajstić information content (AvgIpc) is 2.80. The van der Waals surface area contributed by atoms with Gasteiger partial charge < -0.3 is 10.6 Å². The fraction of sp³-hybridized carbons (Fsp3) is 0.438. The fourth-order valence-corrected chi connectivity index (χ4v) is 3.35. The molecule has 1 aliphatic heterocycles. The summed E-state index contributed by atoms with van der Waals surface area (Å²) in [6.07, 6.45) is 4.13. The van der Waals surface area contributed by atoms with Gasteiger partial charge in [0, 0.05) is 17.6 Å². The van der Waals surface area contributed by atoms with E-state index in [1.807, 2.05) is 13.1 Å². The van der Waals surface area contributed by atoms with Crippen molar-refractivity contribution >= 4 is 17.4 Å². The van der Waals surface area contributed by atoms with Crippen LogP contribution in [0.25, 0.3) is 11.1 Å². The highest BCUT2D eigenvalue weighted by Gasteiger charge is 2.21. The van der Waals surface area contributed by atoms with Gasteiger partial charge in [0.25, 0.3) is 0 Å². The average molecular weight is 305 g/mol. The highest BCUT2D eigenvalue weighted by Crippen LogP contribution is 2.36. The van der Waals surface area contributed by atoms with E-state index in [0.717, 1.165) is 29.2 Å². The Morgan fingerprint density at radius 3 is 2.52 bits per heavy atom. The van der Waals surface area contributed by atoms with Crippen LogP contribution in [-0.4, -0.2) is 34.8 Å². The van der Waals surface area contributed by atoms with E-state index in [0.29, 0.717) is 11.7 Å². The number of benzene rings is 1. The van der Waals surface area contributed by atoms with Crippen LogP contribution >= 0.6 is 11.6 Å². The molecule has 0 bridgehead atoms. The minimum atomic E-state index is 0.564. The lowest BCUT2D eigenvalue weighted by molar-refractivity contribution is 0.255. The van der Waals surface area contributed by atoms with Gasteiger partial charge in [-0.1, -0.05) is 23.7 Å². The van der Waals surface area contributed by atoms with Crippen molar-refractivity contribution in [2.24, 2.45) is 7.05 Å². The van der Waals surface area contributed by atoms with Crippen LogP contribution in [0.2, 0.25) is 5.02 Å². The number of halogens is 1. The Morgan fingerprint density at radius 2 is 1.95 bits per heavy atom. The molecule has 2 heterocycles. The SMILES string of the molecule is CN1CCC(c2ccc(-c3cnn(C)c3N)cc2Cl)CC1. The van der Waals surface area contributed by atoms with Crippen molar-refractivity contribution in [3.05, 3.63) is 35.0 Å². The first kappa shape index (κ1) is 14.4. The molecule has 2 N–H and O–H groups in total. The maximum atomic E-state index is 6.53. The Bertz CT molecular complexity index is 642. The lowest BCUT2D eigenvalue weighted by Gasteiger charge is -2.29. The summed E-state index contributed by atoms with van der Waals surface area (Å²) in [7, 11) is 4.01. The minimum Gasteiger partial charge on any atom is -0.383 e. The first-order chi connectivity index (χ1) is 10.1. The Hall–Kier alpha value is -1.52. The summed E-state index contributed by atoms with van der Waals surface area (Å²) in [5.41, 5.74) is 9.26. The van der Waals surface area contributed by atoms with Gasteiger partial charge in [-0.3, -0.25) is 4.68 Å². The number of hydrogen-bond acceptors (Lipinski definition) is 3. The second kappa shape index (κ2) is 5.70. The third-order valence-electron chi connectivity index (χ3n) is 4.45. The van der Waals surface area contributed by atoms with Gasteiger partial charge in [-0.2, -0.15) is 5.10 Å². The molecule has 0 atom stereocenters. The van der Waals surface area contributed by atoms with Gasteiger partial charge in [0.15, 0.2) is 0 Å². The predicted octanol–water partition coefficient (Wildman–Crippen LogP) is 3.13. The summed E-state index contributed by atoms with van der Waals surface area (Å²) in [4.78, 5) is 2.37. The van der Waals surface area contributed by atoms with Crippen LogP contribution in [0.4, 0.5) is 5.82 Å². The molecule has 4 nitrogen and oxygen atoms in total. The van der Waals surface area contributed by atoms with Crippen molar-refractivity contribution in [3.8, 4) is 11.1 Å². The van der Waals surface area contributed by atoms with Gasteiger partial charge in [0.05, 0.1) is 6.20 Å². The molecule has 3 rings (SSSR count). The Kier molecular flexibility index (Phi) is 3.91. The van der Waals surface area contributed by atoms with Crippen molar-refractivity contribution < 1.29 is 0 Å². The molecule has 21 heavy (non-hydrogen) atoms. The van der Waals surface area contributed by atoms with E-state index in [4.69, 9.17) is 17.3 Å². The van der Waals surface area contributed by atoms with E-state index in [1.54, 1.807) is 10.9 Å². The van der Waals surface area contributed by atoms with Crippen LogP contribution in [0.1, 0.15) is 24.3 Å². The van der Waals surface area contributed by atoms with Gasteiger partial charge in [0.2, 0.25) is 0 Å². The second-order valence-electron chi connectivity index (χ2n) is 5.88. The van der Waals surface area contributed by atoms with E-state index in [2.05, 4.69) is 29.2 Å². The van der Waals surface area contributed by atoms with Crippen molar-refractivity contribution in [1.29, 1.82) is 0 Å². The van der Waals surface area contributed by atoms with Gasteiger partial charge in [0.1, 0.15) is 5.82 Å². The van der Waals surface area contributed by atoms with E-state index >= 15 is 0 Å². The molecule has 1 aromatic carbocycles. The lowest BCUT2D eigenvalue weighted by Crippen LogP contribution is -2.29. The van der Waals surface area contributed by atoms with Crippen LogP contribution in [0, 0.1) is 0 Å². The van der Waals surface area contributed by atoms with E-state index < -0.39 is 0 Å². The minimum absolute atomic E-state index is 0.564. The number of aromatic nitrogens is 2. The number of nitrogens with two attached hydrogens (primary N) is 1. The molecule has 0 radical (unpaired) electrons. The van der Waals surface area contributed by atoms with Crippen LogP contribution in [-0.2, 0) is 7.05 Å². The fourth-order valence-electron chi connectivity index (χ4n) is 3.01. The maximum Gasteiger partial charge on any atom is 0.129 e. The standard InChI is InChI=1S/C16H21ClN4/c1-20-7-5-11(6-8-20)13-4-3-12(9-15(13)17)14-10-19-21(2)16(14)18/h3-4,9-11H,5-8,18H2,1-2H3. The zero-order valence-corrected chi connectivity index (χ0v) is 13.3. The normalized spacial score (nSPS) is 17.3. The number of likely N-dealkylation sites (tertiary alicyclic amines) is 1. The zero-order valence-electron chi connectivity index (χ0n) is 12.5. The van der Waals surface area contributed by atoms with Gasteiger partial charge in [-0.25, -0.2) is 0 Å². The third-order valence-corrected chi connectivity index (χ3v) is 4.78. The topological polar surface area (TPSA) is 47.1 Å². The molecule has 0 spiro atoms. The maximum absolute atomic E-state index is 6.53. The quantitative estimate of drug-likeness (QED) is 0.927. The number of piperidine rings is 1. The summed E-state index contributed by atoms with van der Waals surface area (Å²) < 4.78 is 1.67. The van der Waals surface area contributed by atoms with E-state index in [-0.39, 0.29) is 0 Å². The smallest absolute Gasteiger partial charge is 0.129 e. The van der Waals surface area contributed by atoms with E-state index in [1.165, 1.54) is 18.4 Å². The van der Waals surface area contributed by atoms with Crippen molar-refractivity contribution in [2.45, 2.75) is 18.8 Å². The van der Waals surface area contributed by atoms with Crippen LogP contribution in [0.5, 0.6) is 0 Å². The Morgan fingerprint density at radius 1 is 1.24 bits per heavy atom. The highest BCUT2D eigenvalue weighted by molar-refractivity contribution is 6.31. The number of rotatable bonds is 2. The first-order valence-electron chi connectivity index (χ1n) is 7.32. The molecule has 1 aliphatic rings. The molecule has 0 aliphatic carbocycles. The number of nitrogens with zero attached hydrogens (tertiary/aromatic N) is 3. The van der Waals surface area contributed by atoms with Crippen LogP contribution < -0.4 is 5.73 Å². The van der Waals surface area contributed by atoms with Gasteiger partial charge in [-0.05, 0) is 56.1 Å². The lowest BCUT2D eigenvalue weighted by atomic mass is 9.88. The molecule has 2 aromatic rings. The van der Waals surface area contributed by atoms with Gasteiger partial charge in [-0.15, -0.1) is 0 Å². The summed E-state index contributed by atoms with van der Waals surface area (Å²) in [6, 6.07) is 6.27. The Balaban J connectivity index is 1.88. The summed E-state index contributed by atoms with van der Waals surface area (Å²) in [5.74, 6) is 1.23. The third kappa shape index (κ3) is 2.78. The van der Waals surface area contributed by atoms with Crippen molar-refractivity contribution in [2.75, 3.05) is 25.9 Å². The summed E-state index contributed by atoms with van der Waals surface area (Å²) in [6.45, 7) is 2.27. The summed E-state index contributed by atoms with van der Waals surface area (Å²) >= 11 is 6.53. The monoisotopic (exact) mass is 304 g/mol. The molecule has 112 valence electrons. The molecular formula is C16H21ClN4. The molecule has 1 aromatic heterocycles. The van der Waals surface area contributed by atoms with E-state index in [9.17, 15) is 0 Å². The zero-order chi connectivity index (χ0) is 15.0. The number of nitrogen functional groups attached to an aromatic ring is 1. The number of anilines is 1. The van der Waals surface area contributed by atoms with Gasteiger partial charge >= 0.3 is 0 Å². The second-order valence-corrected chi connectivity index (χ2v) is 6.29. The predicted molar refractivity (Wildman–Crippen MR) is 87.5 cm³/mol. The molecule has 0 unspecified atom stereocenters. The van der Waals surface area contributed by atoms with Crippen molar-refractivity contribution in [1.82, 2.24) is 14.7 Å². The highest BCUT2D eigenvalue weighted by atomic mass is 35.5. The molecule has 1 fully saturated rings. The number of aryl methyl sites for hydroxylation is 1. The van der Waals surface area contributed by atoms with Crippen LogP contribution in [0.15, 0.2) is 24.4 Å². The molecule has 0 saturated carbocycles. The van der Waals surface area contributed by atoms with Crippen molar-refractivity contribution in [3.63, 3.8) is 0 Å². The molecule has 5 heteroatoms. The first-order valence-corrected chi connectivity index (χ1v) is 7.70. The number of hydrogen-bond donors (Lipinski definition) is 1.